The second-order valence-electron chi connectivity index (χ2n) is 4.94. The van der Waals surface area contributed by atoms with E-state index in [1.807, 2.05) is 13.0 Å². The van der Waals surface area contributed by atoms with E-state index < -0.39 is 0 Å². The van der Waals surface area contributed by atoms with E-state index in [1.54, 1.807) is 7.11 Å². The molecule has 0 aliphatic carbocycles. The molecule has 1 aliphatic heterocycles. The van der Waals surface area contributed by atoms with Crippen LogP contribution in [0.3, 0.4) is 0 Å². The van der Waals surface area contributed by atoms with Gasteiger partial charge >= 0.3 is 0 Å². The fraction of sp³-hybridized carbons (Fsp3) is 0.571. The van der Waals surface area contributed by atoms with Crippen LogP contribution >= 0.6 is 15.9 Å². The Morgan fingerprint density at radius 2 is 2.33 bits per heavy atom. The van der Waals surface area contributed by atoms with Gasteiger partial charge in [-0.05, 0) is 72.8 Å². The molecule has 1 aromatic rings. The van der Waals surface area contributed by atoms with Crippen molar-refractivity contribution >= 4 is 15.9 Å². The maximum atomic E-state index is 10.2. The molecule has 2 rings (SSSR count). The van der Waals surface area contributed by atoms with Crippen molar-refractivity contribution in [2.24, 2.45) is 5.92 Å². The number of benzene rings is 1. The normalized spacial score (nSPS) is 19.8. The zero-order valence-corrected chi connectivity index (χ0v) is 12.5. The summed E-state index contributed by atoms with van der Waals surface area (Å²) in [4.78, 5) is 0. The van der Waals surface area contributed by atoms with E-state index in [-0.39, 0.29) is 0 Å². The number of methoxy groups -OCH3 is 1. The van der Waals surface area contributed by atoms with Crippen LogP contribution in [0.15, 0.2) is 10.5 Å². The highest BCUT2D eigenvalue weighted by molar-refractivity contribution is 9.10. The maximum absolute atomic E-state index is 10.2. The Kier molecular flexibility index (Phi) is 4.51. The van der Waals surface area contributed by atoms with Crippen LogP contribution in [0.25, 0.3) is 0 Å². The van der Waals surface area contributed by atoms with E-state index in [4.69, 9.17) is 4.74 Å². The van der Waals surface area contributed by atoms with Crippen LogP contribution in [0.4, 0.5) is 0 Å². The van der Waals surface area contributed by atoms with Gasteiger partial charge in [-0.25, -0.2) is 0 Å². The summed E-state index contributed by atoms with van der Waals surface area (Å²) >= 11 is 3.51. The topological polar surface area (TPSA) is 41.5 Å². The van der Waals surface area contributed by atoms with Crippen molar-refractivity contribution in [3.63, 3.8) is 0 Å². The van der Waals surface area contributed by atoms with Gasteiger partial charge in [-0.15, -0.1) is 0 Å². The third kappa shape index (κ3) is 2.81. The minimum Gasteiger partial charge on any atom is -0.507 e. The predicted octanol–water partition coefficient (Wildman–Crippen LogP) is 3.01. The Labute approximate surface area is 117 Å². The van der Waals surface area contributed by atoms with Gasteiger partial charge in [0.05, 0.1) is 11.6 Å². The molecule has 1 aromatic carbocycles. The third-order valence-electron chi connectivity index (χ3n) is 3.63. The number of rotatable bonds is 3. The monoisotopic (exact) mass is 313 g/mol. The molecule has 0 radical (unpaired) electrons. The smallest absolute Gasteiger partial charge is 0.139 e. The molecule has 1 aliphatic rings. The Morgan fingerprint density at radius 1 is 1.56 bits per heavy atom. The van der Waals surface area contributed by atoms with Crippen LogP contribution in [0, 0.1) is 12.8 Å². The number of ether oxygens (including phenoxy) is 1. The second kappa shape index (κ2) is 5.93. The molecule has 100 valence electrons. The van der Waals surface area contributed by atoms with Crippen LogP contribution in [0.1, 0.15) is 24.0 Å². The van der Waals surface area contributed by atoms with Crippen LogP contribution in [0.5, 0.6) is 11.5 Å². The summed E-state index contributed by atoms with van der Waals surface area (Å²) in [5, 5.41) is 13.7. The lowest BCUT2D eigenvalue weighted by atomic mass is 9.91. The highest BCUT2D eigenvalue weighted by Gasteiger charge is 2.19. The summed E-state index contributed by atoms with van der Waals surface area (Å²) in [6.07, 6.45) is 3.37. The standard InChI is InChI=1S/C14H20BrNO2/c1-9-13(17)11(7-12(15)14(9)18-2)6-10-4-3-5-16-8-10/h7,10,16-17H,3-6,8H2,1-2H3. The fourth-order valence-corrected chi connectivity index (χ4v) is 3.37. The van der Waals surface area contributed by atoms with Crippen molar-refractivity contribution in [2.75, 3.05) is 20.2 Å². The molecule has 1 heterocycles. The van der Waals surface area contributed by atoms with Crippen molar-refractivity contribution in [1.82, 2.24) is 5.32 Å². The minimum atomic E-state index is 0.376. The zero-order chi connectivity index (χ0) is 13.1. The van der Waals surface area contributed by atoms with Gasteiger partial charge in [0.1, 0.15) is 11.5 Å². The lowest BCUT2D eigenvalue weighted by Gasteiger charge is -2.23. The summed E-state index contributed by atoms with van der Waals surface area (Å²) in [5.41, 5.74) is 1.82. The highest BCUT2D eigenvalue weighted by atomic mass is 79.9. The summed E-state index contributed by atoms with van der Waals surface area (Å²) < 4.78 is 6.20. The van der Waals surface area contributed by atoms with Crippen LogP contribution in [-0.4, -0.2) is 25.3 Å². The minimum absolute atomic E-state index is 0.376. The van der Waals surface area contributed by atoms with Crippen molar-refractivity contribution < 1.29 is 9.84 Å². The van der Waals surface area contributed by atoms with E-state index in [0.717, 1.165) is 40.9 Å². The summed E-state index contributed by atoms with van der Waals surface area (Å²) in [6.45, 7) is 4.05. The van der Waals surface area contributed by atoms with Gasteiger partial charge in [-0.3, -0.25) is 0 Å². The molecule has 1 saturated heterocycles. The largest absolute Gasteiger partial charge is 0.507 e. The van der Waals surface area contributed by atoms with Gasteiger partial charge in [0.2, 0.25) is 0 Å². The molecule has 1 atom stereocenters. The van der Waals surface area contributed by atoms with Crippen molar-refractivity contribution in [1.29, 1.82) is 0 Å². The molecule has 0 saturated carbocycles. The van der Waals surface area contributed by atoms with Gasteiger partial charge < -0.3 is 15.2 Å². The third-order valence-corrected chi connectivity index (χ3v) is 4.22. The molecule has 3 nitrogen and oxygen atoms in total. The number of halogens is 1. The van der Waals surface area contributed by atoms with Gasteiger partial charge in [0.15, 0.2) is 0 Å². The van der Waals surface area contributed by atoms with Crippen LogP contribution in [0.2, 0.25) is 0 Å². The number of nitrogens with one attached hydrogen (secondary N) is 1. The number of phenolic OH excluding ortho intramolecular Hbond substituents is 1. The van der Waals surface area contributed by atoms with Crippen molar-refractivity contribution in [3.05, 3.63) is 21.7 Å². The molecule has 0 spiro atoms. The number of phenols is 1. The van der Waals surface area contributed by atoms with Crippen molar-refractivity contribution in [2.45, 2.75) is 26.2 Å². The average molecular weight is 314 g/mol. The lowest BCUT2D eigenvalue weighted by molar-refractivity contribution is 0.366. The first kappa shape index (κ1) is 13.7. The first-order chi connectivity index (χ1) is 8.63. The van der Waals surface area contributed by atoms with Gasteiger partial charge in [-0.1, -0.05) is 0 Å². The fourth-order valence-electron chi connectivity index (χ4n) is 2.63. The Hall–Kier alpha value is -0.740. The summed E-state index contributed by atoms with van der Waals surface area (Å²) in [6, 6.07) is 1.98. The molecule has 1 unspecified atom stereocenters. The van der Waals surface area contributed by atoms with E-state index in [1.165, 1.54) is 12.8 Å². The van der Waals surface area contributed by atoms with E-state index in [9.17, 15) is 5.11 Å². The number of aromatic hydroxyl groups is 1. The Bertz CT molecular complexity index is 428. The lowest BCUT2D eigenvalue weighted by Crippen LogP contribution is -2.30. The van der Waals surface area contributed by atoms with E-state index in [2.05, 4.69) is 21.2 Å². The van der Waals surface area contributed by atoms with Crippen molar-refractivity contribution in [3.8, 4) is 11.5 Å². The molecule has 2 N–H and O–H groups in total. The molecular formula is C14H20BrNO2. The number of hydrogen-bond acceptors (Lipinski definition) is 3. The first-order valence-electron chi connectivity index (χ1n) is 6.39. The molecule has 1 fully saturated rings. The Morgan fingerprint density at radius 3 is 2.94 bits per heavy atom. The van der Waals surface area contributed by atoms with E-state index in [0.29, 0.717) is 11.7 Å². The Balaban J connectivity index is 2.22. The molecular weight excluding hydrogens is 294 g/mol. The SMILES string of the molecule is COc1c(Br)cc(CC2CCCNC2)c(O)c1C. The average Bonchev–Trinajstić information content (AvgIpc) is 2.37. The summed E-state index contributed by atoms with van der Waals surface area (Å²) in [7, 11) is 1.62. The van der Waals surface area contributed by atoms with E-state index >= 15 is 0 Å². The zero-order valence-electron chi connectivity index (χ0n) is 10.9. The van der Waals surface area contributed by atoms with Crippen LogP contribution in [-0.2, 0) is 6.42 Å². The maximum Gasteiger partial charge on any atom is 0.139 e. The van der Waals surface area contributed by atoms with Gasteiger partial charge in [0.25, 0.3) is 0 Å². The number of hydrogen-bond donors (Lipinski definition) is 2. The molecule has 18 heavy (non-hydrogen) atoms. The quantitative estimate of drug-likeness (QED) is 0.901. The molecule has 0 aromatic heterocycles. The number of piperidine rings is 1. The molecule has 4 heteroatoms. The molecule has 0 amide bonds. The molecule has 0 bridgehead atoms. The van der Waals surface area contributed by atoms with Gasteiger partial charge in [0, 0.05) is 5.56 Å². The van der Waals surface area contributed by atoms with Gasteiger partial charge in [-0.2, -0.15) is 0 Å². The van der Waals surface area contributed by atoms with Crippen LogP contribution < -0.4 is 10.1 Å². The summed E-state index contributed by atoms with van der Waals surface area (Å²) in [5.74, 6) is 1.71. The second-order valence-corrected chi connectivity index (χ2v) is 5.80. The first-order valence-corrected chi connectivity index (χ1v) is 7.18. The highest BCUT2D eigenvalue weighted by Crippen LogP contribution is 2.38. The predicted molar refractivity (Wildman–Crippen MR) is 76.4 cm³/mol.